The number of amides is 2. The molecule has 0 saturated carbocycles. The van der Waals surface area contributed by atoms with Crippen LogP contribution >= 0.6 is 0 Å². The topological polar surface area (TPSA) is 70.6 Å². The summed E-state index contributed by atoms with van der Waals surface area (Å²) in [6.07, 6.45) is 4.31. The summed E-state index contributed by atoms with van der Waals surface area (Å²) in [5.74, 6) is 0.727. The Morgan fingerprint density at radius 3 is 2.33 bits per heavy atom. The number of nitrogens with one attached hydrogen (secondary N) is 1. The number of piperazine rings is 1. The zero-order chi connectivity index (χ0) is 17.4. The predicted molar refractivity (Wildman–Crippen MR) is 92.0 cm³/mol. The van der Waals surface area contributed by atoms with E-state index in [1.165, 1.54) is 0 Å². The molecule has 1 aromatic rings. The van der Waals surface area contributed by atoms with E-state index >= 15 is 0 Å². The van der Waals surface area contributed by atoms with E-state index in [0.717, 1.165) is 25.5 Å². The number of carbonyl (C=O) groups excluding carboxylic acids is 1. The van der Waals surface area contributed by atoms with Gasteiger partial charge in [-0.05, 0) is 40.2 Å². The maximum absolute atomic E-state index is 12.6. The molecule has 132 valence electrons. The van der Waals surface area contributed by atoms with Crippen LogP contribution in [0.4, 0.5) is 10.7 Å². The van der Waals surface area contributed by atoms with Crippen molar-refractivity contribution >= 4 is 12.0 Å². The summed E-state index contributed by atoms with van der Waals surface area (Å²) in [5.41, 5.74) is -0.552. The summed E-state index contributed by atoms with van der Waals surface area (Å²) in [6.45, 7) is 11.0. The molecule has 3 heterocycles. The van der Waals surface area contributed by atoms with Crippen molar-refractivity contribution in [1.82, 2.24) is 20.2 Å². The minimum absolute atomic E-state index is 0.0111. The molecule has 2 aliphatic heterocycles. The van der Waals surface area contributed by atoms with Crippen molar-refractivity contribution in [3.05, 3.63) is 18.5 Å². The van der Waals surface area contributed by atoms with Gasteiger partial charge in [0.2, 0.25) is 5.95 Å². The molecule has 1 atom stereocenters. The number of rotatable bonds is 2. The quantitative estimate of drug-likeness (QED) is 0.891. The van der Waals surface area contributed by atoms with Crippen molar-refractivity contribution in [3.63, 3.8) is 0 Å². The van der Waals surface area contributed by atoms with E-state index in [-0.39, 0.29) is 23.3 Å². The monoisotopic (exact) mass is 333 g/mol. The second kappa shape index (κ2) is 6.20. The molecule has 1 N–H and O–H groups in total. The zero-order valence-corrected chi connectivity index (χ0v) is 15.0. The molecule has 0 radical (unpaired) electrons. The molecule has 2 fully saturated rings. The lowest BCUT2D eigenvalue weighted by molar-refractivity contribution is -0.0692. The summed E-state index contributed by atoms with van der Waals surface area (Å²) in [7, 11) is 0. The smallest absolute Gasteiger partial charge is 0.317 e. The molecule has 0 aliphatic carbocycles. The van der Waals surface area contributed by atoms with Crippen molar-refractivity contribution in [1.29, 1.82) is 0 Å². The summed E-state index contributed by atoms with van der Waals surface area (Å²) in [6, 6.07) is 1.82. The molecule has 0 spiro atoms. The number of ether oxygens (including phenoxy) is 1. The Balaban J connectivity index is 1.54. The second-order valence-corrected chi connectivity index (χ2v) is 7.69. The summed E-state index contributed by atoms with van der Waals surface area (Å²) in [4.78, 5) is 25.1. The lowest BCUT2D eigenvalue weighted by Gasteiger charge is -2.36. The first-order chi connectivity index (χ1) is 11.3. The third-order valence-corrected chi connectivity index (χ3v) is 4.77. The van der Waals surface area contributed by atoms with E-state index in [4.69, 9.17) is 4.74 Å². The third-order valence-electron chi connectivity index (χ3n) is 4.77. The number of nitrogens with zero attached hydrogens (tertiary/aromatic N) is 4. The van der Waals surface area contributed by atoms with Gasteiger partial charge < -0.3 is 19.9 Å². The average Bonchev–Trinajstić information content (AvgIpc) is 2.75. The first-order valence-electron chi connectivity index (χ1n) is 8.54. The van der Waals surface area contributed by atoms with Crippen LogP contribution in [0.2, 0.25) is 0 Å². The van der Waals surface area contributed by atoms with Gasteiger partial charge in [-0.3, -0.25) is 0 Å². The molecular formula is C17H27N5O2. The highest BCUT2D eigenvalue weighted by Gasteiger charge is 2.46. The number of hydrogen-bond acceptors (Lipinski definition) is 5. The van der Waals surface area contributed by atoms with E-state index in [0.29, 0.717) is 13.1 Å². The molecule has 2 amide bonds. The summed E-state index contributed by atoms with van der Waals surface area (Å²) in [5, 5.41) is 3.16. The van der Waals surface area contributed by atoms with Crippen molar-refractivity contribution in [2.45, 2.75) is 51.4 Å². The van der Waals surface area contributed by atoms with Crippen LogP contribution < -0.4 is 10.2 Å². The molecule has 2 aliphatic rings. The van der Waals surface area contributed by atoms with E-state index in [9.17, 15) is 4.79 Å². The molecule has 1 aromatic heterocycles. The minimum atomic E-state index is -0.348. The molecule has 2 saturated heterocycles. The highest BCUT2D eigenvalue weighted by molar-refractivity contribution is 5.75. The second-order valence-electron chi connectivity index (χ2n) is 7.69. The average molecular weight is 333 g/mol. The molecule has 7 heteroatoms. The molecule has 0 unspecified atom stereocenters. The van der Waals surface area contributed by atoms with E-state index in [1.807, 2.05) is 18.7 Å². The zero-order valence-electron chi connectivity index (χ0n) is 15.0. The summed E-state index contributed by atoms with van der Waals surface area (Å²) >= 11 is 0. The molecule has 0 bridgehead atoms. The van der Waals surface area contributed by atoms with Gasteiger partial charge in [-0.2, -0.15) is 0 Å². The Morgan fingerprint density at radius 2 is 1.79 bits per heavy atom. The normalized spacial score (nSPS) is 25.6. The number of aromatic nitrogens is 2. The van der Waals surface area contributed by atoms with Crippen LogP contribution in [0.1, 0.15) is 34.1 Å². The Hall–Kier alpha value is -1.89. The van der Waals surface area contributed by atoms with Crippen LogP contribution in [0.25, 0.3) is 0 Å². The van der Waals surface area contributed by atoms with Gasteiger partial charge in [-0.1, -0.05) is 0 Å². The Morgan fingerprint density at radius 1 is 1.17 bits per heavy atom. The number of hydrogen-bond donors (Lipinski definition) is 1. The van der Waals surface area contributed by atoms with Gasteiger partial charge in [0.15, 0.2) is 0 Å². The molecule has 0 aromatic carbocycles. The maximum Gasteiger partial charge on any atom is 0.317 e. The van der Waals surface area contributed by atoms with Gasteiger partial charge in [0, 0.05) is 38.6 Å². The largest absolute Gasteiger partial charge is 0.367 e. The first kappa shape index (κ1) is 17.0. The standard InChI is InChI=1S/C17H27N5O2/c1-16(2)12-13(17(3,4)24-16)20-15(23)22-10-8-21(9-11-22)14-18-6-5-7-19-14/h5-7,13H,8-12H2,1-4H3,(H,20,23)/t13-/m1/s1. The lowest BCUT2D eigenvalue weighted by Crippen LogP contribution is -2.56. The van der Waals surface area contributed by atoms with E-state index < -0.39 is 0 Å². The Bertz CT molecular complexity index is 582. The van der Waals surface area contributed by atoms with E-state index in [1.54, 1.807) is 18.5 Å². The molecular weight excluding hydrogens is 306 g/mol. The Labute approximate surface area is 143 Å². The molecule has 24 heavy (non-hydrogen) atoms. The van der Waals surface area contributed by atoms with Crippen LogP contribution in [0.3, 0.4) is 0 Å². The van der Waals surface area contributed by atoms with Crippen molar-refractivity contribution in [3.8, 4) is 0 Å². The predicted octanol–water partition coefficient (Wildman–Crippen LogP) is 1.65. The summed E-state index contributed by atoms with van der Waals surface area (Å²) < 4.78 is 6.05. The van der Waals surface area contributed by atoms with Crippen LogP contribution in [-0.2, 0) is 4.74 Å². The Kier molecular flexibility index (Phi) is 4.38. The van der Waals surface area contributed by atoms with Gasteiger partial charge in [-0.15, -0.1) is 0 Å². The van der Waals surface area contributed by atoms with Gasteiger partial charge in [0.05, 0.1) is 17.2 Å². The van der Waals surface area contributed by atoms with E-state index in [2.05, 4.69) is 34.0 Å². The SMILES string of the molecule is CC1(C)C[C@@H](NC(=O)N2CCN(c3ncccn3)CC2)C(C)(C)O1. The van der Waals surface area contributed by atoms with Crippen molar-refractivity contribution < 1.29 is 9.53 Å². The highest BCUT2D eigenvalue weighted by Crippen LogP contribution is 2.37. The fourth-order valence-corrected chi connectivity index (χ4v) is 3.59. The lowest BCUT2D eigenvalue weighted by atomic mass is 9.94. The first-order valence-corrected chi connectivity index (χ1v) is 8.54. The van der Waals surface area contributed by atoms with Crippen molar-refractivity contribution in [2.24, 2.45) is 0 Å². The van der Waals surface area contributed by atoms with Gasteiger partial charge >= 0.3 is 6.03 Å². The van der Waals surface area contributed by atoms with Crippen LogP contribution in [-0.4, -0.2) is 64.3 Å². The van der Waals surface area contributed by atoms with Gasteiger partial charge in [0.25, 0.3) is 0 Å². The minimum Gasteiger partial charge on any atom is -0.367 e. The van der Waals surface area contributed by atoms with Gasteiger partial charge in [-0.25, -0.2) is 14.8 Å². The maximum atomic E-state index is 12.6. The van der Waals surface area contributed by atoms with Crippen LogP contribution in [0.5, 0.6) is 0 Å². The van der Waals surface area contributed by atoms with Crippen molar-refractivity contribution in [2.75, 3.05) is 31.1 Å². The molecule has 7 nitrogen and oxygen atoms in total. The number of urea groups is 1. The third kappa shape index (κ3) is 3.61. The highest BCUT2D eigenvalue weighted by atomic mass is 16.5. The number of anilines is 1. The number of carbonyl (C=O) groups is 1. The van der Waals surface area contributed by atoms with Crippen LogP contribution in [0, 0.1) is 0 Å². The molecule has 3 rings (SSSR count). The fraction of sp³-hybridized carbons (Fsp3) is 0.706. The van der Waals surface area contributed by atoms with Crippen LogP contribution in [0.15, 0.2) is 18.5 Å². The van der Waals surface area contributed by atoms with Gasteiger partial charge in [0.1, 0.15) is 0 Å². The fourth-order valence-electron chi connectivity index (χ4n) is 3.59.